The molecule has 1 atom stereocenters. The van der Waals surface area contributed by atoms with Crippen LogP contribution in [-0.2, 0) is 11.8 Å². The predicted molar refractivity (Wildman–Crippen MR) is 81.6 cm³/mol. The quantitative estimate of drug-likeness (QED) is 0.814. The monoisotopic (exact) mass is 302 g/mol. The van der Waals surface area contributed by atoms with Crippen molar-refractivity contribution < 1.29 is 14.7 Å². The van der Waals surface area contributed by atoms with Crippen molar-refractivity contribution in [1.29, 1.82) is 0 Å². The molecule has 116 valence electrons. The molecule has 0 aliphatic rings. The van der Waals surface area contributed by atoms with Gasteiger partial charge in [0.1, 0.15) is 6.04 Å². The van der Waals surface area contributed by atoms with Crippen LogP contribution >= 0.6 is 0 Å². The molecule has 0 aromatic carbocycles. The number of carbonyl (C=O) groups excluding carboxylic acids is 1. The number of hydrogen-bond donors (Lipinski definition) is 2. The second kappa shape index (κ2) is 6.38. The van der Waals surface area contributed by atoms with Gasteiger partial charge in [0.2, 0.25) is 0 Å². The van der Waals surface area contributed by atoms with Gasteiger partial charge < -0.3 is 10.4 Å². The maximum absolute atomic E-state index is 12.2. The number of aryl methyl sites for hydroxylation is 2. The molecule has 0 bridgehead atoms. The summed E-state index contributed by atoms with van der Waals surface area (Å²) in [6, 6.07) is 0.712. The van der Waals surface area contributed by atoms with Crippen LogP contribution in [0.1, 0.15) is 29.4 Å². The molecule has 22 heavy (non-hydrogen) atoms. The standard InChI is InChI=1S/C15H18N4O3/c1-4-5-6-12(15(21)22)17-14(20)10-7-11-9(2)18-19(3)13(11)16-8-10/h4-5,7-8,12H,6H2,1-3H3,(H,17,20)(H,21,22)/b5-4+. The van der Waals surface area contributed by atoms with Crippen LogP contribution < -0.4 is 5.32 Å². The topological polar surface area (TPSA) is 97.1 Å². The number of amides is 1. The highest BCUT2D eigenvalue weighted by Gasteiger charge is 2.20. The highest BCUT2D eigenvalue weighted by atomic mass is 16.4. The first kappa shape index (κ1) is 15.7. The van der Waals surface area contributed by atoms with Crippen molar-refractivity contribution in [2.24, 2.45) is 7.05 Å². The first-order valence-corrected chi connectivity index (χ1v) is 6.88. The van der Waals surface area contributed by atoms with Gasteiger partial charge in [0.25, 0.3) is 5.91 Å². The van der Waals surface area contributed by atoms with Crippen LogP contribution in [0.2, 0.25) is 0 Å². The van der Waals surface area contributed by atoms with Gasteiger partial charge in [0, 0.05) is 18.6 Å². The molecular weight excluding hydrogens is 284 g/mol. The van der Waals surface area contributed by atoms with Gasteiger partial charge in [0.15, 0.2) is 5.65 Å². The molecule has 0 radical (unpaired) electrons. The van der Waals surface area contributed by atoms with E-state index in [1.807, 2.05) is 6.92 Å². The summed E-state index contributed by atoms with van der Waals surface area (Å²) in [5.41, 5.74) is 1.76. The highest BCUT2D eigenvalue weighted by molar-refractivity contribution is 5.99. The smallest absolute Gasteiger partial charge is 0.326 e. The van der Waals surface area contributed by atoms with E-state index in [2.05, 4.69) is 15.4 Å². The molecular formula is C15H18N4O3. The lowest BCUT2D eigenvalue weighted by Gasteiger charge is -2.12. The van der Waals surface area contributed by atoms with E-state index >= 15 is 0 Å². The summed E-state index contributed by atoms with van der Waals surface area (Å²) in [6.45, 7) is 3.63. The van der Waals surface area contributed by atoms with Crippen molar-refractivity contribution in [2.75, 3.05) is 0 Å². The van der Waals surface area contributed by atoms with Crippen LogP contribution in [0, 0.1) is 6.92 Å². The minimum absolute atomic E-state index is 0.235. The Kier molecular flexibility index (Phi) is 4.55. The minimum Gasteiger partial charge on any atom is -0.480 e. The SMILES string of the molecule is C/C=C/CC(NC(=O)c1cnc2c(c1)c(C)nn2C)C(=O)O. The van der Waals surface area contributed by atoms with Crippen molar-refractivity contribution >= 4 is 22.9 Å². The van der Waals surface area contributed by atoms with Gasteiger partial charge in [-0.1, -0.05) is 12.2 Å². The zero-order valence-electron chi connectivity index (χ0n) is 12.7. The molecule has 2 rings (SSSR count). The average molecular weight is 302 g/mol. The fourth-order valence-electron chi connectivity index (χ4n) is 2.17. The van der Waals surface area contributed by atoms with Gasteiger partial charge in [-0.25, -0.2) is 9.78 Å². The summed E-state index contributed by atoms with van der Waals surface area (Å²) in [5, 5.41) is 16.7. The van der Waals surface area contributed by atoms with Crippen molar-refractivity contribution in [3.05, 3.63) is 35.7 Å². The molecule has 0 saturated carbocycles. The van der Waals surface area contributed by atoms with Gasteiger partial charge in [-0.15, -0.1) is 0 Å². The third-order valence-corrected chi connectivity index (χ3v) is 3.34. The Morgan fingerprint density at radius 3 is 2.86 bits per heavy atom. The van der Waals surface area contributed by atoms with Crippen LogP contribution in [0.15, 0.2) is 24.4 Å². The normalized spacial score (nSPS) is 12.7. The number of aliphatic carboxylic acids is 1. The minimum atomic E-state index is -1.07. The number of nitrogens with zero attached hydrogens (tertiary/aromatic N) is 3. The molecule has 1 unspecified atom stereocenters. The number of carbonyl (C=O) groups is 2. The number of pyridine rings is 1. The summed E-state index contributed by atoms with van der Waals surface area (Å²) < 4.78 is 1.64. The number of carboxylic acids is 1. The summed E-state index contributed by atoms with van der Waals surface area (Å²) in [7, 11) is 1.78. The first-order chi connectivity index (χ1) is 10.4. The zero-order valence-corrected chi connectivity index (χ0v) is 12.7. The highest BCUT2D eigenvalue weighted by Crippen LogP contribution is 2.16. The molecule has 2 aromatic rings. The van der Waals surface area contributed by atoms with Crippen LogP contribution in [0.3, 0.4) is 0 Å². The van der Waals surface area contributed by atoms with Crippen molar-refractivity contribution in [2.45, 2.75) is 26.3 Å². The fraction of sp³-hybridized carbons (Fsp3) is 0.333. The largest absolute Gasteiger partial charge is 0.480 e. The molecule has 0 spiro atoms. The lowest BCUT2D eigenvalue weighted by Crippen LogP contribution is -2.40. The molecule has 0 saturated heterocycles. The summed E-state index contributed by atoms with van der Waals surface area (Å²) in [5.74, 6) is -1.53. The Hall–Kier alpha value is -2.70. The number of aromatic nitrogens is 3. The molecule has 0 fully saturated rings. The molecule has 7 nitrogen and oxygen atoms in total. The lowest BCUT2D eigenvalue weighted by atomic mass is 10.1. The molecule has 0 aliphatic carbocycles. The maximum Gasteiger partial charge on any atom is 0.326 e. The third kappa shape index (κ3) is 3.13. The molecule has 2 heterocycles. The van der Waals surface area contributed by atoms with E-state index < -0.39 is 17.9 Å². The lowest BCUT2D eigenvalue weighted by molar-refractivity contribution is -0.139. The van der Waals surface area contributed by atoms with Crippen LogP contribution in [0.25, 0.3) is 11.0 Å². The number of hydrogen-bond acceptors (Lipinski definition) is 4. The van der Waals surface area contributed by atoms with Crippen molar-refractivity contribution in [3.8, 4) is 0 Å². The fourth-order valence-corrected chi connectivity index (χ4v) is 2.17. The van der Waals surface area contributed by atoms with E-state index in [9.17, 15) is 9.59 Å². The van der Waals surface area contributed by atoms with Crippen molar-refractivity contribution in [1.82, 2.24) is 20.1 Å². The van der Waals surface area contributed by atoms with Gasteiger partial charge in [-0.3, -0.25) is 9.48 Å². The predicted octanol–water partition coefficient (Wildman–Crippen LogP) is 1.43. The Morgan fingerprint density at radius 1 is 1.50 bits per heavy atom. The van der Waals surface area contributed by atoms with E-state index in [-0.39, 0.29) is 6.42 Å². The first-order valence-electron chi connectivity index (χ1n) is 6.88. The maximum atomic E-state index is 12.2. The Bertz CT molecular complexity index is 749. The molecule has 0 aliphatic heterocycles. The van der Waals surface area contributed by atoms with Crippen LogP contribution in [-0.4, -0.2) is 37.8 Å². The number of carboxylic acid groups (broad SMARTS) is 1. The number of fused-ring (bicyclic) bond motifs is 1. The van der Waals surface area contributed by atoms with E-state index in [1.165, 1.54) is 6.20 Å². The molecule has 1 amide bonds. The second-order valence-corrected chi connectivity index (χ2v) is 4.97. The second-order valence-electron chi connectivity index (χ2n) is 4.97. The Morgan fingerprint density at radius 2 is 2.23 bits per heavy atom. The average Bonchev–Trinajstić information content (AvgIpc) is 2.77. The molecule has 2 N–H and O–H groups in total. The molecule has 7 heteroatoms. The zero-order chi connectivity index (χ0) is 16.3. The molecule has 2 aromatic heterocycles. The van der Waals surface area contributed by atoms with Crippen LogP contribution in [0.5, 0.6) is 0 Å². The van der Waals surface area contributed by atoms with E-state index in [0.717, 1.165) is 11.1 Å². The van der Waals surface area contributed by atoms with Crippen molar-refractivity contribution in [3.63, 3.8) is 0 Å². The van der Waals surface area contributed by atoms with E-state index in [4.69, 9.17) is 5.11 Å². The Balaban J connectivity index is 2.25. The number of allylic oxidation sites excluding steroid dienone is 1. The summed E-state index contributed by atoms with van der Waals surface area (Å²) in [6.07, 6.45) is 5.10. The van der Waals surface area contributed by atoms with E-state index in [1.54, 1.807) is 36.9 Å². The van der Waals surface area contributed by atoms with E-state index in [0.29, 0.717) is 11.2 Å². The number of nitrogens with one attached hydrogen (secondary N) is 1. The summed E-state index contributed by atoms with van der Waals surface area (Å²) >= 11 is 0. The van der Waals surface area contributed by atoms with Crippen LogP contribution in [0.4, 0.5) is 0 Å². The van der Waals surface area contributed by atoms with Gasteiger partial charge >= 0.3 is 5.97 Å². The van der Waals surface area contributed by atoms with Gasteiger partial charge in [-0.05, 0) is 26.3 Å². The third-order valence-electron chi connectivity index (χ3n) is 3.34. The van der Waals surface area contributed by atoms with Gasteiger partial charge in [-0.2, -0.15) is 5.10 Å². The number of rotatable bonds is 5. The van der Waals surface area contributed by atoms with Gasteiger partial charge in [0.05, 0.1) is 11.3 Å². The Labute approximate surface area is 127 Å². The summed E-state index contributed by atoms with van der Waals surface area (Å²) in [4.78, 5) is 27.6.